The average Bonchev–Trinajstić information content (AvgIpc) is 3.07. The van der Waals surface area contributed by atoms with Crippen LogP contribution in [0.15, 0.2) is 59.6 Å². The Morgan fingerprint density at radius 1 is 1.10 bits per heavy atom. The molecule has 1 aliphatic heterocycles. The summed E-state index contributed by atoms with van der Waals surface area (Å²) in [6, 6.07) is 19.6. The first-order chi connectivity index (χ1) is 14.5. The Hall–Kier alpha value is -2.13. The highest BCUT2D eigenvalue weighted by Gasteiger charge is 2.29. The molecule has 1 amide bonds. The van der Waals surface area contributed by atoms with Crippen LogP contribution in [0.2, 0.25) is 0 Å². The van der Waals surface area contributed by atoms with Crippen molar-refractivity contribution < 1.29 is 4.79 Å². The van der Waals surface area contributed by atoms with Crippen LogP contribution in [0.1, 0.15) is 31.4 Å². The standard InChI is InChI=1S/C24H33N5O.HI/c1-18-15-23(17-29(18)16-21-7-5-4-6-8-21)28-24(25-3)26-14-13-20-9-11-22(12-10-20)27-19(2)30;/h4-12,18,23H,13-17H2,1-3H3,(H,27,30)(H2,25,26,28);1H. The number of guanidine groups is 1. The molecule has 31 heavy (non-hydrogen) atoms. The molecule has 1 heterocycles. The summed E-state index contributed by atoms with van der Waals surface area (Å²) in [6.45, 7) is 6.62. The largest absolute Gasteiger partial charge is 0.356 e. The first-order valence-corrected chi connectivity index (χ1v) is 10.6. The Bertz CT molecular complexity index is 841. The number of benzene rings is 2. The van der Waals surface area contributed by atoms with Crippen LogP contribution >= 0.6 is 24.0 Å². The molecule has 2 atom stereocenters. The third-order valence-corrected chi connectivity index (χ3v) is 5.48. The number of carbonyl (C=O) groups excluding carboxylic acids is 1. The van der Waals surface area contributed by atoms with Crippen molar-refractivity contribution in [3.63, 3.8) is 0 Å². The average molecular weight is 535 g/mol. The fourth-order valence-electron chi connectivity index (χ4n) is 3.91. The Labute approximate surface area is 202 Å². The SMILES string of the molecule is CN=C(NCCc1ccc(NC(C)=O)cc1)NC1CC(C)N(Cc2ccccc2)C1.I. The Balaban J connectivity index is 0.00000341. The molecule has 6 nitrogen and oxygen atoms in total. The number of halogens is 1. The molecule has 0 aliphatic carbocycles. The minimum atomic E-state index is -0.0529. The number of carbonyl (C=O) groups is 1. The smallest absolute Gasteiger partial charge is 0.221 e. The summed E-state index contributed by atoms with van der Waals surface area (Å²) in [5.74, 6) is 0.798. The number of likely N-dealkylation sites (tertiary alicyclic amines) is 1. The van der Waals surface area contributed by atoms with Crippen LogP contribution in [0.4, 0.5) is 5.69 Å². The van der Waals surface area contributed by atoms with E-state index in [4.69, 9.17) is 0 Å². The van der Waals surface area contributed by atoms with Gasteiger partial charge in [0.1, 0.15) is 0 Å². The van der Waals surface area contributed by atoms with Gasteiger partial charge in [-0.1, -0.05) is 42.5 Å². The van der Waals surface area contributed by atoms with Crippen LogP contribution in [-0.4, -0.2) is 49.0 Å². The molecule has 0 spiro atoms. The van der Waals surface area contributed by atoms with E-state index < -0.39 is 0 Å². The molecule has 0 saturated carbocycles. The van der Waals surface area contributed by atoms with Gasteiger partial charge in [0.15, 0.2) is 5.96 Å². The lowest BCUT2D eigenvalue weighted by Gasteiger charge is -2.21. The number of aliphatic imine (C=N–C) groups is 1. The second-order valence-electron chi connectivity index (χ2n) is 7.97. The molecule has 1 aliphatic rings. The summed E-state index contributed by atoms with van der Waals surface area (Å²) in [6.07, 6.45) is 2.00. The van der Waals surface area contributed by atoms with Crippen molar-refractivity contribution in [3.05, 3.63) is 65.7 Å². The van der Waals surface area contributed by atoms with E-state index >= 15 is 0 Å². The molecule has 2 unspecified atom stereocenters. The van der Waals surface area contributed by atoms with Crippen LogP contribution in [0.25, 0.3) is 0 Å². The van der Waals surface area contributed by atoms with Crippen LogP contribution in [-0.2, 0) is 17.8 Å². The van der Waals surface area contributed by atoms with Gasteiger partial charge in [0.05, 0.1) is 0 Å². The van der Waals surface area contributed by atoms with E-state index in [1.54, 1.807) is 0 Å². The van der Waals surface area contributed by atoms with Crippen molar-refractivity contribution in [2.45, 2.75) is 45.3 Å². The molecule has 0 aromatic heterocycles. The van der Waals surface area contributed by atoms with Crippen molar-refractivity contribution in [1.29, 1.82) is 0 Å². The number of amides is 1. The van der Waals surface area contributed by atoms with Gasteiger partial charge in [0, 0.05) is 51.4 Å². The van der Waals surface area contributed by atoms with Gasteiger partial charge in [-0.25, -0.2) is 0 Å². The number of rotatable bonds is 7. The zero-order valence-corrected chi connectivity index (χ0v) is 20.9. The number of nitrogens with one attached hydrogen (secondary N) is 3. The van der Waals surface area contributed by atoms with E-state index in [1.807, 2.05) is 31.3 Å². The van der Waals surface area contributed by atoms with Gasteiger partial charge in [0.2, 0.25) is 5.91 Å². The van der Waals surface area contributed by atoms with Gasteiger partial charge in [-0.05, 0) is 43.0 Å². The lowest BCUT2D eigenvalue weighted by atomic mass is 10.1. The van der Waals surface area contributed by atoms with Gasteiger partial charge in [-0.15, -0.1) is 24.0 Å². The summed E-state index contributed by atoms with van der Waals surface area (Å²) in [7, 11) is 1.82. The van der Waals surface area contributed by atoms with Crippen LogP contribution in [0.5, 0.6) is 0 Å². The van der Waals surface area contributed by atoms with Gasteiger partial charge in [-0.3, -0.25) is 14.7 Å². The van der Waals surface area contributed by atoms with Crippen molar-refractivity contribution in [1.82, 2.24) is 15.5 Å². The molecule has 7 heteroatoms. The number of hydrogen-bond acceptors (Lipinski definition) is 3. The topological polar surface area (TPSA) is 68.8 Å². The maximum absolute atomic E-state index is 11.1. The van der Waals surface area contributed by atoms with Crippen LogP contribution < -0.4 is 16.0 Å². The zero-order valence-electron chi connectivity index (χ0n) is 18.6. The van der Waals surface area contributed by atoms with Gasteiger partial charge in [-0.2, -0.15) is 0 Å². The second kappa shape index (κ2) is 12.7. The van der Waals surface area contributed by atoms with Crippen molar-refractivity contribution in [3.8, 4) is 0 Å². The number of hydrogen-bond donors (Lipinski definition) is 3. The van der Waals surface area contributed by atoms with Crippen LogP contribution in [0, 0.1) is 0 Å². The third-order valence-electron chi connectivity index (χ3n) is 5.48. The van der Waals surface area contributed by atoms with E-state index in [9.17, 15) is 4.79 Å². The summed E-state index contributed by atoms with van der Waals surface area (Å²) < 4.78 is 0. The van der Waals surface area contributed by atoms with E-state index in [0.717, 1.165) is 44.1 Å². The summed E-state index contributed by atoms with van der Waals surface area (Å²) >= 11 is 0. The minimum Gasteiger partial charge on any atom is -0.356 e. The molecule has 2 aromatic rings. The highest BCUT2D eigenvalue weighted by Crippen LogP contribution is 2.20. The number of anilines is 1. The lowest BCUT2D eigenvalue weighted by molar-refractivity contribution is -0.114. The monoisotopic (exact) mass is 535 g/mol. The van der Waals surface area contributed by atoms with Crippen LogP contribution in [0.3, 0.4) is 0 Å². The summed E-state index contributed by atoms with van der Waals surface area (Å²) in [5.41, 5.74) is 3.40. The maximum atomic E-state index is 11.1. The van der Waals surface area contributed by atoms with Crippen molar-refractivity contribution >= 4 is 41.5 Å². The predicted molar refractivity (Wildman–Crippen MR) is 139 cm³/mol. The molecule has 168 valence electrons. The molecule has 2 aromatic carbocycles. The molecule has 3 rings (SSSR count). The first-order valence-electron chi connectivity index (χ1n) is 10.6. The normalized spacial score (nSPS) is 18.9. The highest BCUT2D eigenvalue weighted by molar-refractivity contribution is 14.0. The molecular weight excluding hydrogens is 501 g/mol. The van der Waals surface area contributed by atoms with Crippen molar-refractivity contribution in [2.75, 3.05) is 25.5 Å². The van der Waals surface area contributed by atoms with E-state index in [2.05, 4.69) is 63.1 Å². The second-order valence-corrected chi connectivity index (χ2v) is 7.97. The maximum Gasteiger partial charge on any atom is 0.221 e. The molecule has 1 fully saturated rings. The molecule has 1 saturated heterocycles. The quantitative estimate of drug-likeness (QED) is 0.288. The molecule has 0 bridgehead atoms. The van der Waals surface area contributed by atoms with Gasteiger partial charge in [0.25, 0.3) is 0 Å². The lowest BCUT2D eigenvalue weighted by Crippen LogP contribution is -2.45. The predicted octanol–water partition coefficient (Wildman–Crippen LogP) is 3.63. The van der Waals surface area contributed by atoms with Gasteiger partial charge >= 0.3 is 0 Å². The van der Waals surface area contributed by atoms with Crippen molar-refractivity contribution in [2.24, 2.45) is 4.99 Å². The fraction of sp³-hybridized carbons (Fsp3) is 0.417. The van der Waals surface area contributed by atoms with Gasteiger partial charge < -0.3 is 16.0 Å². The fourth-order valence-corrected chi connectivity index (χ4v) is 3.91. The Morgan fingerprint density at radius 2 is 1.81 bits per heavy atom. The number of nitrogens with zero attached hydrogens (tertiary/aromatic N) is 2. The zero-order chi connectivity index (χ0) is 21.3. The Kier molecular flexibility index (Phi) is 10.3. The third kappa shape index (κ3) is 8.14. The highest BCUT2D eigenvalue weighted by atomic mass is 127. The minimum absolute atomic E-state index is 0. The van der Waals surface area contributed by atoms with E-state index in [1.165, 1.54) is 18.1 Å². The molecule has 0 radical (unpaired) electrons. The first kappa shape index (κ1) is 25.1. The van der Waals surface area contributed by atoms with E-state index in [0.29, 0.717) is 12.1 Å². The summed E-state index contributed by atoms with van der Waals surface area (Å²) in [5, 5.41) is 9.79. The summed E-state index contributed by atoms with van der Waals surface area (Å²) in [4.78, 5) is 18.0. The Morgan fingerprint density at radius 3 is 2.45 bits per heavy atom. The molecule has 3 N–H and O–H groups in total. The van der Waals surface area contributed by atoms with E-state index in [-0.39, 0.29) is 29.9 Å². The molecular formula is C24H34IN5O.